The molecule has 0 aromatic carbocycles. The molecule has 0 atom stereocenters. The van der Waals surface area contributed by atoms with Crippen molar-refractivity contribution in [3.05, 3.63) is 0 Å². The van der Waals surface area contributed by atoms with Crippen molar-refractivity contribution in [3.63, 3.8) is 0 Å². The van der Waals surface area contributed by atoms with E-state index in [0.29, 0.717) is 0 Å². The number of unbranched alkanes of at least 4 members (excludes halogenated alkanes) is 13. The van der Waals surface area contributed by atoms with Crippen molar-refractivity contribution in [3.8, 4) is 0 Å². The fraction of sp³-hybridized carbons (Fsp3) is 1.00. The molecule has 0 aliphatic heterocycles. The first-order valence-electron chi connectivity index (χ1n) is 7.97. The van der Waals surface area contributed by atoms with E-state index in [9.17, 15) is 4.39 Å². The number of halogens is 1. The molecule has 0 radical (unpaired) electrons. The number of rotatable bonds is 14. The molecule has 0 unspecified atom stereocenters. The monoisotopic (exact) mass is 270 g/mol. The topological polar surface area (TPSA) is 0 Å². The summed E-state index contributed by atoms with van der Waals surface area (Å²) in [6, 6.07) is 0. The van der Waals surface area contributed by atoms with E-state index in [0.717, 1.165) is 12.8 Å². The standard InChI is InChI=1S/C16H33F.Mg.2H/c1-2-3-4-5-6-7-8-9-10-11-12-13-14-15-16-17;;;/h2-16H2,1H3;;;/q;+2;2*-1. The predicted octanol–water partition coefficient (Wildman–Crippen LogP) is 6.28. The Kier molecular flexibility index (Phi) is 23.4. The maximum absolute atomic E-state index is 11.8. The van der Waals surface area contributed by atoms with Crippen molar-refractivity contribution in [1.82, 2.24) is 0 Å². The second-order valence-corrected chi connectivity index (χ2v) is 5.29. The Morgan fingerprint density at radius 1 is 0.556 bits per heavy atom. The Bertz CT molecular complexity index is 124. The van der Waals surface area contributed by atoms with Crippen LogP contribution >= 0.6 is 0 Å². The molecule has 0 bridgehead atoms. The van der Waals surface area contributed by atoms with Gasteiger partial charge in [0.15, 0.2) is 0 Å². The third-order valence-corrected chi connectivity index (χ3v) is 3.49. The van der Waals surface area contributed by atoms with Crippen molar-refractivity contribution in [2.24, 2.45) is 0 Å². The number of hydrogen-bond acceptors (Lipinski definition) is 0. The van der Waals surface area contributed by atoms with Crippen LogP contribution in [-0.2, 0) is 0 Å². The van der Waals surface area contributed by atoms with Gasteiger partial charge in [0.1, 0.15) is 0 Å². The summed E-state index contributed by atoms with van der Waals surface area (Å²) in [7, 11) is 0. The maximum atomic E-state index is 11.8. The SMILES string of the molecule is CCCCCCCCCCCCCCCCF.[H-].[H-].[Mg+2]. The molecule has 0 saturated heterocycles. The summed E-state index contributed by atoms with van der Waals surface area (Å²) in [5.41, 5.74) is 0. The van der Waals surface area contributed by atoms with Gasteiger partial charge in [-0.3, -0.25) is 4.39 Å². The third kappa shape index (κ3) is 19.0. The van der Waals surface area contributed by atoms with E-state index < -0.39 is 0 Å². The van der Waals surface area contributed by atoms with Crippen LogP contribution in [0.2, 0.25) is 0 Å². The minimum absolute atomic E-state index is 0. The van der Waals surface area contributed by atoms with E-state index in [-0.39, 0.29) is 32.6 Å². The zero-order chi connectivity index (χ0) is 12.6. The molecule has 0 rings (SSSR count). The summed E-state index contributed by atoms with van der Waals surface area (Å²) < 4.78 is 11.8. The first kappa shape index (κ1) is 21.0. The summed E-state index contributed by atoms with van der Waals surface area (Å²) in [6.45, 7) is 2.14. The molecule has 0 fully saturated rings. The van der Waals surface area contributed by atoms with Gasteiger partial charge in [-0.15, -0.1) is 0 Å². The van der Waals surface area contributed by atoms with Crippen LogP contribution in [-0.4, -0.2) is 29.7 Å². The molecular weight excluding hydrogens is 235 g/mol. The molecule has 0 aromatic rings. The van der Waals surface area contributed by atoms with E-state index in [1.807, 2.05) is 0 Å². The largest absolute Gasteiger partial charge is 2.00 e. The Balaban J connectivity index is -0.000000427. The number of alkyl halides is 1. The van der Waals surface area contributed by atoms with Gasteiger partial charge in [-0.1, -0.05) is 90.4 Å². The summed E-state index contributed by atoms with van der Waals surface area (Å²) in [5, 5.41) is 0. The molecule has 0 aromatic heterocycles. The van der Waals surface area contributed by atoms with Gasteiger partial charge in [-0.25, -0.2) is 0 Å². The zero-order valence-electron chi connectivity index (χ0n) is 14.7. The molecule has 108 valence electrons. The molecular formula is C16H35FMg. The summed E-state index contributed by atoms with van der Waals surface area (Å²) >= 11 is 0. The van der Waals surface area contributed by atoms with E-state index in [1.54, 1.807) is 0 Å². The molecule has 0 nitrogen and oxygen atoms in total. The Labute approximate surface area is 134 Å². The third-order valence-electron chi connectivity index (χ3n) is 3.49. The molecule has 0 aliphatic carbocycles. The molecule has 0 amide bonds. The molecule has 0 N–H and O–H groups in total. The van der Waals surface area contributed by atoms with Crippen LogP contribution in [0.4, 0.5) is 4.39 Å². The van der Waals surface area contributed by atoms with Crippen LogP contribution in [0.25, 0.3) is 0 Å². The Morgan fingerprint density at radius 3 is 1.11 bits per heavy atom. The van der Waals surface area contributed by atoms with Gasteiger partial charge in [0.05, 0.1) is 6.67 Å². The first-order chi connectivity index (χ1) is 8.41. The fourth-order valence-corrected chi connectivity index (χ4v) is 2.29. The van der Waals surface area contributed by atoms with Gasteiger partial charge in [0, 0.05) is 0 Å². The molecule has 0 aliphatic rings. The minimum atomic E-state index is -0.127. The smallest absolute Gasteiger partial charge is 1.00 e. The summed E-state index contributed by atoms with van der Waals surface area (Å²) in [4.78, 5) is 0. The fourth-order valence-electron chi connectivity index (χ4n) is 2.29. The molecule has 18 heavy (non-hydrogen) atoms. The van der Waals surface area contributed by atoms with E-state index in [1.165, 1.54) is 77.0 Å². The second-order valence-electron chi connectivity index (χ2n) is 5.29. The van der Waals surface area contributed by atoms with Crippen molar-refractivity contribution in [1.29, 1.82) is 0 Å². The van der Waals surface area contributed by atoms with Crippen LogP contribution in [0.5, 0.6) is 0 Å². The quantitative estimate of drug-likeness (QED) is 0.257. The van der Waals surface area contributed by atoms with E-state index in [4.69, 9.17) is 0 Å². The van der Waals surface area contributed by atoms with Crippen LogP contribution in [0.3, 0.4) is 0 Å². The van der Waals surface area contributed by atoms with Crippen molar-refractivity contribution in [2.75, 3.05) is 6.67 Å². The van der Waals surface area contributed by atoms with Crippen LogP contribution < -0.4 is 0 Å². The Hall–Kier alpha value is 0.696. The van der Waals surface area contributed by atoms with Crippen LogP contribution in [0, 0.1) is 0 Å². The Morgan fingerprint density at radius 2 is 0.833 bits per heavy atom. The van der Waals surface area contributed by atoms with Gasteiger partial charge < -0.3 is 2.85 Å². The summed E-state index contributed by atoms with van der Waals surface area (Å²) in [5.74, 6) is 0. The summed E-state index contributed by atoms with van der Waals surface area (Å²) in [6.07, 6.45) is 18.5. The van der Waals surface area contributed by atoms with Gasteiger partial charge in [0.25, 0.3) is 0 Å². The van der Waals surface area contributed by atoms with Crippen LogP contribution in [0.1, 0.15) is 99.7 Å². The van der Waals surface area contributed by atoms with Gasteiger partial charge in [-0.05, 0) is 6.42 Å². The predicted molar refractivity (Wildman–Crippen MR) is 84.3 cm³/mol. The van der Waals surface area contributed by atoms with Gasteiger partial charge >= 0.3 is 23.1 Å². The normalized spacial score (nSPS) is 10.3. The molecule has 0 heterocycles. The first-order valence-corrected chi connectivity index (χ1v) is 7.97. The number of hydrogen-bond donors (Lipinski definition) is 0. The average molecular weight is 271 g/mol. The average Bonchev–Trinajstić information content (AvgIpc) is 2.35. The van der Waals surface area contributed by atoms with Crippen LogP contribution in [0.15, 0.2) is 0 Å². The van der Waals surface area contributed by atoms with Gasteiger partial charge in [0.2, 0.25) is 0 Å². The zero-order valence-corrected chi connectivity index (χ0v) is 14.1. The molecule has 0 spiro atoms. The maximum Gasteiger partial charge on any atom is 2.00 e. The van der Waals surface area contributed by atoms with Gasteiger partial charge in [-0.2, -0.15) is 0 Å². The molecule has 0 saturated carbocycles. The second kappa shape index (κ2) is 20.0. The van der Waals surface area contributed by atoms with E-state index in [2.05, 4.69) is 6.92 Å². The van der Waals surface area contributed by atoms with Crippen molar-refractivity contribution in [2.45, 2.75) is 96.8 Å². The van der Waals surface area contributed by atoms with Crippen molar-refractivity contribution >= 4 is 23.1 Å². The minimum Gasteiger partial charge on any atom is -1.00 e. The van der Waals surface area contributed by atoms with Crippen molar-refractivity contribution < 1.29 is 7.24 Å². The molecule has 2 heteroatoms. The van der Waals surface area contributed by atoms with E-state index >= 15 is 0 Å².